The standard InChI is InChI=1S/C23H22N2O/c24-21-12-11-20-16-25(14-13-19(20)15-21)23(26)22(17-7-3-1-4-8-17)18-9-5-2-6-10-18/h1-12,15,22H,13-14,16,24H2. The van der Waals surface area contributed by atoms with Gasteiger partial charge >= 0.3 is 0 Å². The van der Waals surface area contributed by atoms with Crippen molar-refractivity contribution in [3.63, 3.8) is 0 Å². The number of anilines is 1. The van der Waals surface area contributed by atoms with Crippen molar-refractivity contribution in [1.29, 1.82) is 0 Å². The molecule has 3 nitrogen and oxygen atoms in total. The fourth-order valence-electron chi connectivity index (χ4n) is 3.71. The van der Waals surface area contributed by atoms with Crippen molar-refractivity contribution in [2.45, 2.75) is 18.9 Å². The van der Waals surface area contributed by atoms with Crippen LogP contribution < -0.4 is 5.73 Å². The number of benzene rings is 3. The summed E-state index contributed by atoms with van der Waals surface area (Å²) < 4.78 is 0. The average molecular weight is 342 g/mol. The van der Waals surface area contributed by atoms with Gasteiger partial charge in [-0.15, -0.1) is 0 Å². The van der Waals surface area contributed by atoms with E-state index in [1.54, 1.807) is 0 Å². The van der Waals surface area contributed by atoms with Crippen LogP contribution in [0.5, 0.6) is 0 Å². The lowest BCUT2D eigenvalue weighted by atomic mass is 9.89. The van der Waals surface area contributed by atoms with Gasteiger partial charge in [-0.2, -0.15) is 0 Å². The van der Waals surface area contributed by atoms with E-state index in [0.29, 0.717) is 6.54 Å². The van der Waals surface area contributed by atoms with Crippen LogP contribution in [0.3, 0.4) is 0 Å². The van der Waals surface area contributed by atoms with E-state index in [-0.39, 0.29) is 11.8 Å². The van der Waals surface area contributed by atoms with Crippen molar-refractivity contribution in [3.8, 4) is 0 Å². The number of carbonyl (C=O) groups is 1. The third-order valence-corrected chi connectivity index (χ3v) is 5.07. The fraction of sp³-hybridized carbons (Fsp3) is 0.174. The molecular weight excluding hydrogens is 320 g/mol. The minimum atomic E-state index is -0.271. The zero-order chi connectivity index (χ0) is 17.9. The monoisotopic (exact) mass is 342 g/mol. The molecule has 4 rings (SSSR count). The molecule has 1 heterocycles. The zero-order valence-electron chi connectivity index (χ0n) is 14.6. The molecule has 3 heteroatoms. The quantitative estimate of drug-likeness (QED) is 0.732. The Kier molecular flexibility index (Phi) is 4.44. The molecule has 3 aromatic rings. The topological polar surface area (TPSA) is 46.3 Å². The molecule has 0 radical (unpaired) electrons. The van der Waals surface area contributed by atoms with Gasteiger partial charge < -0.3 is 10.6 Å². The van der Waals surface area contributed by atoms with Crippen molar-refractivity contribution in [2.75, 3.05) is 12.3 Å². The van der Waals surface area contributed by atoms with E-state index in [1.807, 2.05) is 83.8 Å². The maximum atomic E-state index is 13.5. The number of amides is 1. The molecule has 0 fully saturated rings. The van der Waals surface area contributed by atoms with E-state index in [2.05, 4.69) is 0 Å². The fourth-order valence-corrected chi connectivity index (χ4v) is 3.71. The first kappa shape index (κ1) is 16.4. The third kappa shape index (κ3) is 3.21. The Hall–Kier alpha value is -3.07. The second kappa shape index (κ2) is 7.04. The molecule has 0 atom stereocenters. The highest BCUT2D eigenvalue weighted by Gasteiger charge is 2.29. The minimum absolute atomic E-state index is 0.157. The first-order valence-corrected chi connectivity index (χ1v) is 8.98. The number of nitrogens with zero attached hydrogens (tertiary/aromatic N) is 1. The average Bonchev–Trinajstić information content (AvgIpc) is 2.69. The Morgan fingerprint density at radius 3 is 2.08 bits per heavy atom. The predicted molar refractivity (Wildman–Crippen MR) is 105 cm³/mol. The Labute approximate surface area is 154 Å². The molecule has 1 amide bonds. The smallest absolute Gasteiger partial charge is 0.234 e. The van der Waals surface area contributed by atoms with Crippen LogP contribution in [0.2, 0.25) is 0 Å². The summed E-state index contributed by atoms with van der Waals surface area (Å²) in [5.41, 5.74) is 11.2. The molecule has 3 aromatic carbocycles. The predicted octanol–water partition coefficient (Wildman–Crippen LogP) is 3.99. The molecule has 1 aliphatic heterocycles. The van der Waals surface area contributed by atoms with Crippen LogP contribution in [0.15, 0.2) is 78.9 Å². The van der Waals surface area contributed by atoms with Crippen molar-refractivity contribution < 1.29 is 4.79 Å². The molecule has 0 spiro atoms. The number of rotatable bonds is 3. The molecule has 0 aliphatic carbocycles. The summed E-state index contributed by atoms with van der Waals surface area (Å²) >= 11 is 0. The summed E-state index contributed by atoms with van der Waals surface area (Å²) in [6, 6.07) is 26.1. The van der Waals surface area contributed by atoms with Gasteiger partial charge in [-0.05, 0) is 40.8 Å². The van der Waals surface area contributed by atoms with Crippen LogP contribution >= 0.6 is 0 Å². The lowest BCUT2D eigenvalue weighted by Crippen LogP contribution is -2.39. The van der Waals surface area contributed by atoms with E-state index >= 15 is 0 Å². The largest absolute Gasteiger partial charge is 0.399 e. The van der Waals surface area contributed by atoms with E-state index in [9.17, 15) is 4.79 Å². The summed E-state index contributed by atoms with van der Waals surface area (Å²) in [6.45, 7) is 1.37. The Bertz CT molecular complexity index is 867. The van der Waals surface area contributed by atoms with E-state index in [1.165, 1.54) is 11.1 Å². The Balaban J connectivity index is 1.66. The summed E-state index contributed by atoms with van der Waals surface area (Å²) in [6.07, 6.45) is 0.850. The maximum absolute atomic E-state index is 13.5. The zero-order valence-corrected chi connectivity index (χ0v) is 14.6. The third-order valence-electron chi connectivity index (χ3n) is 5.07. The van der Waals surface area contributed by atoms with Gasteiger partial charge in [-0.25, -0.2) is 0 Å². The van der Waals surface area contributed by atoms with Crippen LogP contribution in [-0.2, 0) is 17.8 Å². The number of nitrogen functional groups attached to an aromatic ring is 1. The van der Waals surface area contributed by atoms with Crippen molar-refractivity contribution in [1.82, 2.24) is 4.90 Å². The Morgan fingerprint density at radius 1 is 0.846 bits per heavy atom. The molecule has 2 N–H and O–H groups in total. The number of nitrogens with two attached hydrogens (primary N) is 1. The highest BCUT2D eigenvalue weighted by Crippen LogP contribution is 2.30. The van der Waals surface area contributed by atoms with Gasteiger partial charge in [0.05, 0.1) is 5.92 Å². The second-order valence-electron chi connectivity index (χ2n) is 6.79. The Morgan fingerprint density at radius 2 is 1.46 bits per heavy atom. The minimum Gasteiger partial charge on any atom is -0.399 e. The van der Waals surface area contributed by atoms with Crippen LogP contribution in [0, 0.1) is 0 Å². The molecular formula is C23H22N2O. The molecule has 0 unspecified atom stereocenters. The van der Waals surface area contributed by atoms with E-state index in [4.69, 9.17) is 5.73 Å². The SMILES string of the molecule is Nc1ccc2c(c1)CCN(C(=O)C(c1ccccc1)c1ccccc1)C2. The van der Waals surface area contributed by atoms with Crippen LogP contribution in [-0.4, -0.2) is 17.4 Å². The molecule has 0 aromatic heterocycles. The molecule has 0 saturated heterocycles. The molecule has 1 aliphatic rings. The van der Waals surface area contributed by atoms with Gasteiger partial charge in [0.2, 0.25) is 5.91 Å². The molecule has 0 bridgehead atoms. The van der Waals surface area contributed by atoms with Crippen LogP contribution in [0.25, 0.3) is 0 Å². The van der Waals surface area contributed by atoms with E-state index < -0.39 is 0 Å². The first-order chi connectivity index (χ1) is 12.7. The number of hydrogen-bond donors (Lipinski definition) is 1. The van der Waals surface area contributed by atoms with Crippen LogP contribution in [0.4, 0.5) is 5.69 Å². The lowest BCUT2D eigenvalue weighted by molar-refractivity contribution is -0.132. The number of carbonyl (C=O) groups excluding carboxylic acids is 1. The van der Waals surface area contributed by atoms with Crippen LogP contribution in [0.1, 0.15) is 28.2 Å². The van der Waals surface area contributed by atoms with Gasteiger partial charge in [0.1, 0.15) is 0 Å². The molecule has 130 valence electrons. The number of hydrogen-bond acceptors (Lipinski definition) is 2. The van der Waals surface area contributed by atoms with Crippen molar-refractivity contribution in [3.05, 3.63) is 101 Å². The summed E-state index contributed by atoms with van der Waals surface area (Å²) in [5.74, 6) is -0.113. The van der Waals surface area contributed by atoms with E-state index in [0.717, 1.165) is 29.8 Å². The van der Waals surface area contributed by atoms with Gasteiger partial charge in [-0.3, -0.25) is 4.79 Å². The number of fused-ring (bicyclic) bond motifs is 1. The van der Waals surface area contributed by atoms with Gasteiger partial charge in [0.15, 0.2) is 0 Å². The second-order valence-corrected chi connectivity index (χ2v) is 6.79. The summed E-state index contributed by atoms with van der Waals surface area (Å²) in [5, 5.41) is 0. The highest BCUT2D eigenvalue weighted by atomic mass is 16.2. The van der Waals surface area contributed by atoms with Gasteiger partial charge in [-0.1, -0.05) is 66.7 Å². The highest BCUT2D eigenvalue weighted by molar-refractivity contribution is 5.87. The molecule has 0 saturated carbocycles. The molecule has 26 heavy (non-hydrogen) atoms. The summed E-state index contributed by atoms with van der Waals surface area (Å²) in [4.78, 5) is 15.5. The first-order valence-electron chi connectivity index (χ1n) is 8.98. The van der Waals surface area contributed by atoms with Gasteiger partial charge in [0, 0.05) is 18.8 Å². The van der Waals surface area contributed by atoms with Crippen molar-refractivity contribution in [2.24, 2.45) is 0 Å². The van der Waals surface area contributed by atoms with Gasteiger partial charge in [0.25, 0.3) is 0 Å². The maximum Gasteiger partial charge on any atom is 0.234 e. The van der Waals surface area contributed by atoms with Crippen molar-refractivity contribution >= 4 is 11.6 Å². The lowest BCUT2D eigenvalue weighted by Gasteiger charge is -2.32. The normalized spacial score (nSPS) is 13.5. The summed E-state index contributed by atoms with van der Waals surface area (Å²) in [7, 11) is 0.